The topological polar surface area (TPSA) is 140 Å². The van der Waals surface area contributed by atoms with Gasteiger partial charge in [-0.3, -0.25) is 4.79 Å². The first-order valence-electron chi connectivity index (χ1n) is 12.1. The molecule has 0 amide bonds. The maximum atomic E-state index is 13.9. The van der Waals surface area contributed by atoms with Gasteiger partial charge in [0.15, 0.2) is 20.9 Å². The Balaban J connectivity index is 1.81. The summed E-state index contributed by atoms with van der Waals surface area (Å²) in [6.07, 6.45) is -3.28. The van der Waals surface area contributed by atoms with E-state index in [9.17, 15) is 26.9 Å². The average Bonchev–Trinajstić information content (AvgIpc) is 3.19. The van der Waals surface area contributed by atoms with Crippen molar-refractivity contribution in [2.45, 2.75) is 79.3 Å². The van der Waals surface area contributed by atoms with Crippen molar-refractivity contribution in [3.63, 3.8) is 0 Å². The lowest BCUT2D eigenvalue weighted by Crippen LogP contribution is -2.63. The fraction of sp³-hybridized carbons (Fsp3) is 0.462. The van der Waals surface area contributed by atoms with Gasteiger partial charge in [-0.2, -0.15) is 9.57 Å². The van der Waals surface area contributed by atoms with Gasteiger partial charge in [-0.1, -0.05) is 35.9 Å². The number of ether oxygens (including phenoxy) is 3. The van der Waals surface area contributed by atoms with Crippen molar-refractivity contribution in [2.75, 3.05) is 6.54 Å². The van der Waals surface area contributed by atoms with Crippen LogP contribution in [0.15, 0.2) is 64.4 Å². The van der Waals surface area contributed by atoms with Gasteiger partial charge in [0, 0.05) is 6.92 Å². The van der Waals surface area contributed by atoms with Gasteiger partial charge in [0.1, 0.15) is 18.3 Å². The van der Waals surface area contributed by atoms with Crippen molar-refractivity contribution in [3.8, 4) is 6.07 Å². The van der Waals surface area contributed by atoms with Crippen LogP contribution in [0.5, 0.6) is 0 Å². The Labute approximate surface area is 223 Å². The number of aryl methyl sites for hydroxylation is 1. The molecule has 0 spiro atoms. The molecule has 2 aliphatic rings. The number of nitriles is 1. The van der Waals surface area contributed by atoms with E-state index in [2.05, 4.69) is 0 Å². The minimum absolute atomic E-state index is 0.0225. The molecule has 38 heavy (non-hydrogen) atoms. The molecule has 2 heterocycles. The van der Waals surface area contributed by atoms with Gasteiger partial charge >= 0.3 is 5.97 Å². The van der Waals surface area contributed by atoms with E-state index in [0.29, 0.717) is 0 Å². The molecule has 1 unspecified atom stereocenters. The predicted octanol–water partition coefficient (Wildman–Crippen LogP) is 2.58. The summed E-state index contributed by atoms with van der Waals surface area (Å²) in [5.41, 5.74) is 0.852. The molecule has 0 N–H and O–H groups in total. The Hall–Kier alpha value is -2.82. The number of sulfonamides is 1. The van der Waals surface area contributed by atoms with Crippen LogP contribution in [-0.2, 0) is 38.9 Å². The zero-order valence-corrected chi connectivity index (χ0v) is 23.1. The van der Waals surface area contributed by atoms with Crippen molar-refractivity contribution in [2.24, 2.45) is 0 Å². The molecule has 10 nitrogen and oxygen atoms in total. The summed E-state index contributed by atoms with van der Waals surface area (Å²) >= 11 is 0. The number of carbonyl (C=O) groups is 1. The largest absolute Gasteiger partial charge is 0.458 e. The average molecular weight is 563 g/mol. The van der Waals surface area contributed by atoms with Gasteiger partial charge in [0.2, 0.25) is 10.0 Å². The zero-order valence-electron chi connectivity index (χ0n) is 21.5. The molecule has 0 saturated carbocycles. The summed E-state index contributed by atoms with van der Waals surface area (Å²) in [5.74, 6) is -1.80. The van der Waals surface area contributed by atoms with Crippen LogP contribution in [0.1, 0.15) is 32.8 Å². The first-order chi connectivity index (χ1) is 17.8. The lowest BCUT2D eigenvalue weighted by Gasteiger charge is -2.44. The second-order valence-electron chi connectivity index (χ2n) is 9.88. The monoisotopic (exact) mass is 562 g/mol. The van der Waals surface area contributed by atoms with Crippen LogP contribution in [0, 0.1) is 18.3 Å². The van der Waals surface area contributed by atoms with Crippen LogP contribution in [0.3, 0.4) is 0 Å². The Morgan fingerprint density at radius 3 is 2.24 bits per heavy atom. The van der Waals surface area contributed by atoms with E-state index in [1.54, 1.807) is 44.2 Å². The normalized spacial score (nSPS) is 26.2. The number of sulfone groups is 1. The van der Waals surface area contributed by atoms with Crippen molar-refractivity contribution in [1.82, 2.24) is 4.31 Å². The number of rotatable bonds is 7. The molecule has 0 aliphatic carbocycles. The summed E-state index contributed by atoms with van der Waals surface area (Å²) in [5, 5.41) is 8.39. The van der Waals surface area contributed by atoms with Crippen molar-refractivity contribution in [1.29, 1.82) is 5.26 Å². The first-order valence-corrected chi connectivity index (χ1v) is 15.0. The van der Waals surface area contributed by atoms with Crippen LogP contribution in [0.25, 0.3) is 0 Å². The lowest BCUT2D eigenvalue weighted by molar-refractivity contribution is -0.169. The molecule has 2 aliphatic heterocycles. The van der Waals surface area contributed by atoms with E-state index >= 15 is 0 Å². The molecule has 2 aromatic rings. The molecule has 12 heteroatoms. The molecule has 5 atom stereocenters. The summed E-state index contributed by atoms with van der Waals surface area (Å²) in [4.78, 5) is 11.8. The summed E-state index contributed by atoms with van der Waals surface area (Å²) in [6.45, 7) is 5.99. The highest BCUT2D eigenvalue weighted by molar-refractivity contribution is 7.92. The minimum Gasteiger partial charge on any atom is -0.458 e. The van der Waals surface area contributed by atoms with Crippen LogP contribution in [-0.4, -0.2) is 69.0 Å². The molecular formula is C26H30N2O8S2. The van der Waals surface area contributed by atoms with Gasteiger partial charge in [0.25, 0.3) is 0 Å². The van der Waals surface area contributed by atoms with E-state index < -0.39 is 61.2 Å². The number of carbonyl (C=O) groups excluding carboxylic acids is 1. The number of esters is 1. The van der Waals surface area contributed by atoms with Crippen molar-refractivity contribution in [3.05, 3.63) is 60.2 Å². The van der Waals surface area contributed by atoms with Crippen LogP contribution in [0.2, 0.25) is 0 Å². The lowest BCUT2D eigenvalue weighted by atomic mass is 9.93. The van der Waals surface area contributed by atoms with Gasteiger partial charge in [-0.15, -0.1) is 0 Å². The van der Waals surface area contributed by atoms with Gasteiger partial charge < -0.3 is 14.2 Å². The molecule has 2 fully saturated rings. The van der Waals surface area contributed by atoms with Crippen LogP contribution in [0.4, 0.5) is 0 Å². The molecule has 4 rings (SSSR count). The molecule has 2 saturated heterocycles. The Bertz CT molecular complexity index is 1430. The fourth-order valence-electron chi connectivity index (χ4n) is 4.92. The maximum absolute atomic E-state index is 13.9. The molecule has 0 radical (unpaired) electrons. The number of hydrogen-bond donors (Lipinski definition) is 0. The number of piperidine rings is 1. The highest BCUT2D eigenvalue weighted by Crippen LogP contribution is 2.41. The molecule has 0 bridgehead atoms. The summed E-state index contributed by atoms with van der Waals surface area (Å²) in [7, 11) is -8.38. The third-order valence-corrected chi connectivity index (χ3v) is 10.5. The smallest absolute Gasteiger partial charge is 0.303 e. The quantitative estimate of drug-likeness (QED) is 0.466. The first kappa shape index (κ1) is 28.2. The zero-order chi connectivity index (χ0) is 27.9. The van der Waals surface area contributed by atoms with E-state index in [1.807, 2.05) is 13.0 Å². The second kappa shape index (κ2) is 10.4. The second-order valence-corrected chi connectivity index (χ2v) is 13.9. The number of hydrogen-bond acceptors (Lipinski definition) is 9. The van der Waals surface area contributed by atoms with Gasteiger partial charge in [0.05, 0.1) is 28.4 Å². The standard InChI is InChI=1S/C26H30N2O8S2/c1-17-10-12-20(13-11-17)38(32,33)28-16-23(34-18(2)29)25-24(35-26(3,4)36-25)22(28)14-21(15-27)37(30,31)19-8-6-5-7-9-19/h5-13,21-25H,14,16H2,1-4H3/t21?,22-,23-,24-,25-/m1/s1. The Morgan fingerprint density at radius 2 is 1.66 bits per heavy atom. The van der Waals surface area contributed by atoms with Gasteiger partial charge in [-0.05, 0) is 51.5 Å². The number of fused-ring (bicyclic) bond motifs is 1. The summed E-state index contributed by atoms with van der Waals surface area (Å²) < 4.78 is 73.3. The molecule has 2 aromatic carbocycles. The molecule has 204 valence electrons. The van der Waals surface area contributed by atoms with Crippen molar-refractivity contribution >= 4 is 25.8 Å². The maximum Gasteiger partial charge on any atom is 0.303 e. The number of nitrogens with zero attached hydrogens (tertiary/aromatic N) is 2. The van der Waals surface area contributed by atoms with E-state index in [4.69, 9.17) is 14.2 Å². The van der Waals surface area contributed by atoms with E-state index in [1.165, 1.54) is 31.2 Å². The van der Waals surface area contributed by atoms with Crippen LogP contribution < -0.4 is 0 Å². The van der Waals surface area contributed by atoms with Crippen LogP contribution >= 0.6 is 0 Å². The van der Waals surface area contributed by atoms with E-state index in [-0.39, 0.29) is 22.8 Å². The number of benzene rings is 2. The predicted molar refractivity (Wildman–Crippen MR) is 136 cm³/mol. The third-order valence-electron chi connectivity index (χ3n) is 6.63. The van der Waals surface area contributed by atoms with Crippen molar-refractivity contribution < 1.29 is 35.8 Å². The molecule has 0 aromatic heterocycles. The SMILES string of the molecule is CC(=O)O[C@@H]1CN(S(=O)(=O)c2ccc(C)cc2)[C@H](CC(C#N)S(=O)(=O)c2ccccc2)[C@H]2OC(C)(C)O[C@@H]21. The van der Waals surface area contributed by atoms with Gasteiger partial charge in [-0.25, -0.2) is 16.8 Å². The fourth-order valence-corrected chi connectivity index (χ4v) is 8.03. The molecular weight excluding hydrogens is 532 g/mol. The Morgan fingerprint density at radius 1 is 1.05 bits per heavy atom. The minimum atomic E-state index is -4.23. The highest BCUT2D eigenvalue weighted by Gasteiger charge is 2.58. The van der Waals surface area contributed by atoms with E-state index in [0.717, 1.165) is 9.87 Å². The third kappa shape index (κ3) is 5.48. The highest BCUT2D eigenvalue weighted by atomic mass is 32.2. The summed E-state index contributed by atoms with van der Waals surface area (Å²) in [6, 6.07) is 14.5. The Kier molecular flexibility index (Phi) is 7.71.